The number of hydrazine groups is 2. The first kappa shape index (κ1) is 11.5. The number of nitrogens with zero attached hydrogens (tertiary/aromatic N) is 1. The first-order valence-electron chi connectivity index (χ1n) is 3.92. The van der Waals surface area contributed by atoms with Gasteiger partial charge in [0.2, 0.25) is 0 Å². The van der Waals surface area contributed by atoms with E-state index in [4.69, 9.17) is 11.7 Å². The molecule has 0 fully saturated rings. The number of pyridine rings is 1. The quantitative estimate of drug-likeness (QED) is 0.441. The van der Waals surface area contributed by atoms with Gasteiger partial charge in [0.15, 0.2) is 5.82 Å². The van der Waals surface area contributed by atoms with E-state index in [0.29, 0.717) is 0 Å². The molecule has 0 aromatic carbocycles. The Balaban J connectivity index is 3.42. The van der Waals surface area contributed by atoms with Gasteiger partial charge in [0.25, 0.3) is 0 Å². The van der Waals surface area contributed by atoms with Crippen LogP contribution in [-0.4, -0.2) is 4.98 Å². The molecule has 0 aliphatic heterocycles. The summed E-state index contributed by atoms with van der Waals surface area (Å²) in [6.45, 7) is 1.43. The second kappa shape index (κ2) is 3.91. The van der Waals surface area contributed by atoms with Crippen molar-refractivity contribution in [1.82, 2.24) is 4.98 Å². The smallest absolute Gasteiger partial charge is 0.320 e. The van der Waals surface area contributed by atoms with Gasteiger partial charge in [-0.3, -0.25) is 5.84 Å². The fraction of sp³-hybridized carbons (Fsp3) is 0.286. The Labute approximate surface area is 83.6 Å². The molecule has 0 atom stereocenters. The molecule has 8 heteroatoms. The number of nitrogen functional groups attached to an aromatic ring is 2. The normalized spacial score (nSPS) is 11.3. The van der Waals surface area contributed by atoms with Crippen LogP contribution >= 0.6 is 0 Å². The monoisotopic (exact) mass is 221 g/mol. The third-order valence-electron chi connectivity index (χ3n) is 1.73. The molecule has 5 nitrogen and oxygen atoms in total. The maximum atomic E-state index is 12.5. The van der Waals surface area contributed by atoms with Crippen LogP contribution < -0.4 is 22.5 Å². The molecule has 6 N–H and O–H groups in total. The van der Waals surface area contributed by atoms with Gasteiger partial charge in [-0.1, -0.05) is 0 Å². The average Bonchev–Trinajstić information content (AvgIpc) is 2.15. The molecule has 15 heavy (non-hydrogen) atoms. The molecule has 0 aliphatic carbocycles. The fourth-order valence-electron chi connectivity index (χ4n) is 1.15. The zero-order chi connectivity index (χ0) is 11.6. The van der Waals surface area contributed by atoms with Gasteiger partial charge in [0.05, 0.1) is 5.56 Å². The Bertz CT molecular complexity index is 362. The fourth-order valence-corrected chi connectivity index (χ4v) is 1.15. The number of nitrogens with two attached hydrogens (primary N) is 2. The Morgan fingerprint density at radius 2 is 1.87 bits per heavy atom. The van der Waals surface area contributed by atoms with Crippen LogP contribution in [0.5, 0.6) is 0 Å². The van der Waals surface area contributed by atoms with Gasteiger partial charge in [-0.2, -0.15) is 13.2 Å². The molecule has 0 aliphatic rings. The van der Waals surface area contributed by atoms with Crippen molar-refractivity contribution in [1.29, 1.82) is 0 Å². The van der Waals surface area contributed by atoms with Gasteiger partial charge in [-0.25, -0.2) is 10.8 Å². The first-order chi connectivity index (χ1) is 6.90. The van der Waals surface area contributed by atoms with Crippen LogP contribution in [0.1, 0.15) is 11.3 Å². The van der Waals surface area contributed by atoms with E-state index in [1.165, 1.54) is 6.92 Å². The largest absolute Gasteiger partial charge is 0.418 e. The molecule has 0 amide bonds. The minimum Gasteiger partial charge on any atom is -0.320 e. The number of hydrogen-bond donors (Lipinski definition) is 4. The molecule has 0 radical (unpaired) electrons. The number of hydrogen-bond acceptors (Lipinski definition) is 5. The van der Waals surface area contributed by atoms with Gasteiger partial charge < -0.3 is 10.9 Å². The van der Waals surface area contributed by atoms with Crippen molar-refractivity contribution in [3.8, 4) is 0 Å². The van der Waals surface area contributed by atoms with Crippen molar-refractivity contribution in [3.05, 3.63) is 17.3 Å². The summed E-state index contributed by atoms with van der Waals surface area (Å²) in [7, 11) is 0. The predicted octanol–water partition coefficient (Wildman–Crippen LogP) is 0.980. The number of nitrogens with one attached hydrogen (secondary N) is 2. The van der Waals surface area contributed by atoms with E-state index < -0.39 is 11.7 Å². The van der Waals surface area contributed by atoms with E-state index in [1.54, 1.807) is 0 Å². The molecular formula is C7H10F3N5. The second-order valence-corrected chi connectivity index (χ2v) is 2.82. The topological polar surface area (TPSA) is 89.0 Å². The third kappa shape index (κ3) is 2.28. The first-order valence-corrected chi connectivity index (χ1v) is 3.92. The molecule has 1 rings (SSSR count). The highest BCUT2D eigenvalue weighted by atomic mass is 19.4. The van der Waals surface area contributed by atoms with Crippen LogP contribution in [0.4, 0.5) is 24.7 Å². The van der Waals surface area contributed by atoms with Crippen molar-refractivity contribution in [3.63, 3.8) is 0 Å². The Morgan fingerprint density at radius 1 is 1.27 bits per heavy atom. The van der Waals surface area contributed by atoms with Crippen LogP contribution in [0.2, 0.25) is 0 Å². The van der Waals surface area contributed by atoms with E-state index in [9.17, 15) is 13.2 Å². The van der Waals surface area contributed by atoms with Crippen LogP contribution in [0.15, 0.2) is 6.07 Å². The van der Waals surface area contributed by atoms with E-state index in [1.807, 2.05) is 10.9 Å². The molecule has 0 bridgehead atoms. The van der Waals surface area contributed by atoms with Crippen LogP contribution in [0.3, 0.4) is 0 Å². The molecular weight excluding hydrogens is 211 g/mol. The number of halogens is 3. The summed E-state index contributed by atoms with van der Waals surface area (Å²) >= 11 is 0. The zero-order valence-electron chi connectivity index (χ0n) is 7.81. The maximum Gasteiger partial charge on any atom is 0.418 e. The highest BCUT2D eigenvalue weighted by Crippen LogP contribution is 2.37. The summed E-state index contributed by atoms with van der Waals surface area (Å²) in [5.74, 6) is 9.87. The Kier molecular flexibility index (Phi) is 3.01. The average molecular weight is 221 g/mol. The van der Waals surface area contributed by atoms with Crippen molar-refractivity contribution in [2.24, 2.45) is 11.7 Å². The number of aryl methyl sites for hydroxylation is 1. The highest BCUT2D eigenvalue weighted by molar-refractivity contribution is 5.68. The highest BCUT2D eigenvalue weighted by Gasteiger charge is 2.35. The van der Waals surface area contributed by atoms with Crippen LogP contribution in [0, 0.1) is 6.92 Å². The minimum atomic E-state index is -4.51. The van der Waals surface area contributed by atoms with Crippen molar-refractivity contribution < 1.29 is 13.2 Å². The van der Waals surface area contributed by atoms with Gasteiger partial charge in [0, 0.05) is 5.69 Å². The molecule has 84 valence electrons. The third-order valence-corrected chi connectivity index (χ3v) is 1.73. The van der Waals surface area contributed by atoms with Crippen molar-refractivity contribution >= 4 is 11.5 Å². The summed E-state index contributed by atoms with van der Waals surface area (Å²) in [4.78, 5) is 3.76. The van der Waals surface area contributed by atoms with E-state index >= 15 is 0 Å². The Morgan fingerprint density at radius 3 is 2.27 bits per heavy atom. The summed E-state index contributed by atoms with van der Waals surface area (Å²) in [5.41, 5.74) is 2.87. The molecule has 1 heterocycles. The molecule has 1 aromatic heterocycles. The van der Waals surface area contributed by atoms with Crippen LogP contribution in [0.25, 0.3) is 0 Å². The molecule has 1 aromatic rings. The summed E-state index contributed by atoms with van der Waals surface area (Å²) in [6.07, 6.45) is -4.51. The Hall–Kier alpha value is -1.54. The minimum absolute atomic E-state index is 0.148. The summed E-state index contributed by atoms with van der Waals surface area (Å²) < 4.78 is 37.6. The van der Waals surface area contributed by atoms with Gasteiger partial charge in [-0.15, -0.1) is 0 Å². The van der Waals surface area contributed by atoms with Crippen LogP contribution in [-0.2, 0) is 6.18 Å². The molecule has 0 saturated carbocycles. The molecule has 0 spiro atoms. The number of anilines is 2. The molecule has 0 unspecified atom stereocenters. The summed E-state index contributed by atoms with van der Waals surface area (Å²) in [6, 6.07) is 0.885. The van der Waals surface area contributed by atoms with Gasteiger partial charge in [0.1, 0.15) is 5.69 Å². The van der Waals surface area contributed by atoms with E-state index in [-0.39, 0.29) is 17.2 Å². The van der Waals surface area contributed by atoms with E-state index in [2.05, 4.69) is 4.98 Å². The van der Waals surface area contributed by atoms with Gasteiger partial charge >= 0.3 is 6.18 Å². The van der Waals surface area contributed by atoms with Crippen molar-refractivity contribution in [2.75, 3.05) is 10.9 Å². The van der Waals surface area contributed by atoms with Crippen molar-refractivity contribution in [2.45, 2.75) is 13.1 Å². The SMILES string of the molecule is Cc1cc(C(F)(F)F)c(NN)c(NN)n1. The number of alkyl halides is 3. The lowest BCUT2D eigenvalue weighted by Gasteiger charge is -2.15. The lowest BCUT2D eigenvalue weighted by atomic mass is 10.2. The van der Waals surface area contributed by atoms with E-state index in [0.717, 1.165) is 6.07 Å². The number of aromatic nitrogens is 1. The standard InChI is InChI=1S/C7H10F3N5/c1-3-2-4(7(8,9)10)5(14-11)6(13-3)15-12/h2,14H,11-12H2,1H3,(H,13,15). The van der Waals surface area contributed by atoms with Gasteiger partial charge in [-0.05, 0) is 13.0 Å². The lowest BCUT2D eigenvalue weighted by molar-refractivity contribution is -0.137. The predicted molar refractivity (Wildman–Crippen MR) is 49.6 cm³/mol. The zero-order valence-corrected chi connectivity index (χ0v) is 7.81. The number of rotatable bonds is 2. The lowest BCUT2D eigenvalue weighted by Crippen LogP contribution is -2.20. The molecule has 0 saturated heterocycles. The summed E-state index contributed by atoms with van der Waals surface area (Å²) in [5, 5.41) is 0. The maximum absolute atomic E-state index is 12.5. The second-order valence-electron chi connectivity index (χ2n) is 2.82.